The van der Waals surface area contributed by atoms with Crippen molar-refractivity contribution in [1.29, 1.82) is 0 Å². The Kier molecular flexibility index (Phi) is 4.93. The summed E-state index contributed by atoms with van der Waals surface area (Å²) in [6, 6.07) is 0. The normalized spacial score (nSPS) is 21.3. The van der Waals surface area contributed by atoms with E-state index in [0.29, 0.717) is 25.3 Å². The highest BCUT2D eigenvalue weighted by Gasteiger charge is 2.21. The lowest BCUT2D eigenvalue weighted by Gasteiger charge is -2.18. The van der Waals surface area contributed by atoms with E-state index in [0.717, 1.165) is 11.5 Å². The summed E-state index contributed by atoms with van der Waals surface area (Å²) in [5.74, 6) is 2.11. The summed E-state index contributed by atoms with van der Waals surface area (Å²) in [6.07, 6.45) is 0.707. The molecular weight excluding hydrogens is 226 g/mol. The van der Waals surface area contributed by atoms with Gasteiger partial charge < -0.3 is 0 Å². The summed E-state index contributed by atoms with van der Waals surface area (Å²) in [7, 11) is 0.578. The Bertz CT molecular complexity index is 232. The SMILES string of the molecule is CCCS(=O)(=O)N1CCSSCC1. The predicted octanol–water partition coefficient (Wildman–Crippen LogP) is 1.42. The van der Waals surface area contributed by atoms with Crippen LogP contribution in [0.4, 0.5) is 0 Å². The largest absolute Gasteiger partial charge is 0.214 e. The lowest BCUT2D eigenvalue weighted by atomic mass is 10.6. The van der Waals surface area contributed by atoms with Crippen LogP contribution in [0.3, 0.4) is 0 Å². The van der Waals surface area contributed by atoms with E-state index in [-0.39, 0.29) is 0 Å². The van der Waals surface area contributed by atoms with Crippen LogP contribution >= 0.6 is 21.6 Å². The fourth-order valence-electron chi connectivity index (χ4n) is 1.17. The van der Waals surface area contributed by atoms with Gasteiger partial charge >= 0.3 is 0 Å². The van der Waals surface area contributed by atoms with Crippen LogP contribution in [-0.2, 0) is 10.0 Å². The summed E-state index contributed by atoms with van der Waals surface area (Å²) >= 11 is 0. The second kappa shape index (κ2) is 5.48. The van der Waals surface area contributed by atoms with Crippen molar-refractivity contribution in [3.05, 3.63) is 0 Å². The molecule has 13 heavy (non-hydrogen) atoms. The topological polar surface area (TPSA) is 37.4 Å². The molecule has 78 valence electrons. The molecule has 3 nitrogen and oxygen atoms in total. The minimum atomic E-state index is -2.95. The summed E-state index contributed by atoms with van der Waals surface area (Å²) in [5.41, 5.74) is 0. The van der Waals surface area contributed by atoms with Gasteiger partial charge in [0.2, 0.25) is 10.0 Å². The monoisotopic (exact) mass is 241 g/mol. The zero-order valence-electron chi connectivity index (χ0n) is 7.73. The second-order valence-corrected chi connectivity index (χ2v) is 7.65. The zero-order valence-corrected chi connectivity index (χ0v) is 10.2. The highest BCUT2D eigenvalue weighted by atomic mass is 33.1. The highest BCUT2D eigenvalue weighted by molar-refractivity contribution is 8.76. The molecule has 1 aliphatic rings. The number of hydrogen-bond acceptors (Lipinski definition) is 4. The maximum absolute atomic E-state index is 11.6. The lowest BCUT2D eigenvalue weighted by Crippen LogP contribution is -2.35. The van der Waals surface area contributed by atoms with E-state index in [2.05, 4.69) is 0 Å². The third kappa shape index (κ3) is 3.69. The molecule has 0 aromatic heterocycles. The van der Waals surface area contributed by atoms with Crippen LogP contribution in [0.5, 0.6) is 0 Å². The van der Waals surface area contributed by atoms with E-state index in [1.165, 1.54) is 0 Å². The third-order valence-corrected chi connectivity index (χ3v) is 6.23. The smallest absolute Gasteiger partial charge is 0.212 e. The van der Waals surface area contributed by atoms with Crippen molar-refractivity contribution in [1.82, 2.24) is 4.31 Å². The molecule has 0 aliphatic carbocycles. The number of rotatable bonds is 3. The molecule has 0 unspecified atom stereocenters. The van der Waals surface area contributed by atoms with Crippen LogP contribution in [0.2, 0.25) is 0 Å². The van der Waals surface area contributed by atoms with Crippen LogP contribution in [0.1, 0.15) is 13.3 Å². The molecule has 0 aromatic carbocycles. The Morgan fingerprint density at radius 3 is 2.23 bits per heavy atom. The Hall–Kier alpha value is 0.610. The number of nitrogens with zero attached hydrogens (tertiary/aromatic N) is 1. The van der Waals surface area contributed by atoms with Gasteiger partial charge in [0.05, 0.1) is 5.75 Å². The van der Waals surface area contributed by atoms with Gasteiger partial charge in [0.1, 0.15) is 0 Å². The quantitative estimate of drug-likeness (QED) is 0.700. The maximum Gasteiger partial charge on any atom is 0.214 e. The van der Waals surface area contributed by atoms with E-state index in [9.17, 15) is 8.42 Å². The average molecular weight is 241 g/mol. The molecule has 0 bridgehead atoms. The van der Waals surface area contributed by atoms with E-state index in [4.69, 9.17) is 0 Å². The van der Waals surface area contributed by atoms with Crippen molar-refractivity contribution in [2.24, 2.45) is 0 Å². The van der Waals surface area contributed by atoms with Crippen LogP contribution < -0.4 is 0 Å². The molecule has 0 aromatic rings. The van der Waals surface area contributed by atoms with Gasteiger partial charge in [-0.1, -0.05) is 28.5 Å². The summed E-state index contributed by atoms with van der Waals surface area (Å²) < 4.78 is 24.9. The fourth-order valence-corrected chi connectivity index (χ4v) is 4.90. The first-order chi connectivity index (χ1) is 6.17. The van der Waals surface area contributed by atoms with Gasteiger partial charge in [-0.05, 0) is 6.42 Å². The molecule has 0 N–H and O–H groups in total. The van der Waals surface area contributed by atoms with Crippen LogP contribution in [-0.4, -0.2) is 43.1 Å². The second-order valence-electron chi connectivity index (χ2n) is 2.86. The van der Waals surface area contributed by atoms with Crippen molar-refractivity contribution in [2.75, 3.05) is 30.3 Å². The zero-order chi connectivity index (χ0) is 9.73. The molecular formula is C7H15NO2S3. The summed E-state index contributed by atoms with van der Waals surface area (Å²) in [4.78, 5) is 0. The minimum Gasteiger partial charge on any atom is -0.212 e. The Balaban J connectivity index is 2.57. The standard InChI is InChI=1S/C7H15NO2S3/c1-2-7-13(9,10)8-3-5-11-12-6-4-8/h2-7H2,1H3. The molecule has 0 atom stereocenters. The van der Waals surface area contributed by atoms with Crippen LogP contribution in [0.25, 0.3) is 0 Å². The first-order valence-corrected chi connectivity index (χ1v) is 8.49. The predicted molar refractivity (Wildman–Crippen MR) is 60.6 cm³/mol. The van der Waals surface area contributed by atoms with Gasteiger partial charge in [-0.2, -0.15) is 0 Å². The number of sulfonamides is 1. The third-order valence-electron chi connectivity index (χ3n) is 1.79. The van der Waals surface area contributed by atoms with Gasteiger partial charge in [-0.3, -0.25) is 0 Å². The van der Waals surface area contributed by atoms with Gasteiger partial charge in [0.25, 0.3) is 0 Å². The van der Waals surface area contributed by atoms with Gasteiger partial charge in [-0.25, -0.2) is 12.7 Å². The van der Waals surface area contributed by atoms with Crippen LogP contribution in [0.15, 0.2) is 0 Å². The first-order valence-electron chi connectivity index (χ1n) is 4.39. The van der Waals surface area contributed by atoms with Crippen molar-refractivity contribution in [2.45, 2.75) is 13.3 Å². The van der Waals surface area contributed by atoms with Gasteiger partial charge in [-0.15, -0.1) is 0 Å². The molecule has 6 heteroatoms. The minimum absolute atomic E-state index is 0.294. The molecule has 0 radical (unpaired) electrons. The molecule has 1 saturated heterocycles. The highest BCUT2D eigenvalue weighted by Crippen LogP contribution is 2.25. The van der Waals surface area contributed by atoms with E-state index in [1.54, 1.807) is 25.9 Å². The maximum atomic E-state index is 11.6. The van der Waals surface area contributed by atoms with Gasteiger partial charge in [0, 0.05) is 24.6 Å². The Morgan fingerprint density at radius 2 is 1.77 bits per heavy atom. The van der Waals surface area contributed by atoms with E-state index in [1.807, 2.05) is 6.92 Å². The summed E-state index contributed by atoms with van der Waals surface area (Å²) in [5, 5.41) is 0. The first kappa shape index (κ1) is 11.7. The Morgan fingerprint density at radius 1 is 1.23 bits per heavy atom. The van der Waals surface area contributed by atoms with Crippen molar-refractivity contribution in [3.8, 4) is 0 Å². The van der Waals surface area contributed by atoms with E-state index >= 15 is 0 Å². The molecule has 1 rings (SSSR count). The van der Waals surface area contributed by atoms with Gasteiger partial charge in [0.15, 0.2) is 0 Å². The molecule has 0 spiro atoms. The van der Waals surface area contributed by atoms with E-state index < -0.39 is 10.0 Å². The fraction of sp³-hybridized carbons (Fsp3) is 1.00. The van der Waals surface area contributed by atoms with Crippen molar-refractivity contribution in [3.63, 3.8) is 0 Å². The lowest BCUT2D eigenvalue weighted by molar-refractivity contribution is 0.451. The Labute approximate surface area is 88.1 Å². The molecule has 1 fully saturated rings. The van der Waals surface area contributed by atoms with Crippen LogP contribution in [0, 0.1) is 0 Å². The summed E-state index contributed by atoms with van der Waals surface area (Å²) in [6.45, 7) is 3.26. The molecule has 1 heterocycles. The molecule has 0 saturated carbocycles. The molecule has 0 amide bonds. The average Bonchev–Trinajstić information content (AvgIpc) is 2.31. The van der Waals surface area contributed by atoms with Crippen molar-refractivity contribution >= 4 is 31.6 Å². The number of hydrogen-bond donors (Lipinski definition) is 0. The van der Waals surface area contributed by atoms with Crippen molar-refractivity contribution < 1.29 is 8.42 Å². The molecule has 1 aliphatic heterocycles.